The zero-order valence-corrected chi connectivity index (χ0v) is 20.9. The topological polar surface area (TPSA) is 60.9 Å². The van der Waals surface area contributed by atoms with Crippen molar-refractivity contribution in [3.05, 3.63) is 23.8 Å². The average molecular weight is 496 g/mol. The quantitative estimate of drug-likeness (QED) is 0.619. The van der Waals surface area contributed by atoms with Gasteiger partial charge in [0.15, 0.2) is 0 Å². The molecule has 2 heterocycles. The lowest BCUT2D eigenvalue weighted by Gasteiger charge is -2.38. The second-order valence-electron chi connectivity index (χ2n) is 10.7. The van der Waals surface area contributed by atoms with E-state index in [-0.39, 0.29) is 54.4 Å². The number of amides is 1. The van der Waals surface area contributed by atoms with Gasteiger partial charge in [0.25, 0.3) is 0 Å². The minimum atomic E-state index is -3.89. The van der Waals surface area contributed by atoms with Gasteiger partial charge in [0.2, 0.25) is 21.9 Å². The molecule has 0 aromatic heterocycles. The van der Waals surface area contributed by atoms with E-state index in [0.717, 1.165) is 50.0 Å². The van der Waals surface area contributed by atoms with Gasteiger partial charge in [-0.25, -0.2) is 17.2 Å². The zero-order valence-electron chi connectivity index (χ0n) is 20.1. The summed E-state index contributed by atoms with van der Waals surface area (Å²) in [5.74, 6) is -2.67. The van der Waals surface area contributed by atoms with E-state index in [4.69, 9.17) is 0 Å². The smallest absolute Gasteiger partial charge is 0.248 e. The molecule has 188 valence electrons. The number of aryl methyl sites for hydroxylation is 1. The van der Waals surface area contributed by atoms with E-state index in [9.17, 15) is 22.0 Å². The molecule has 5 rings (SSSR count). The summed E-state index contributed by atoms with van der Waals surface area (Å²) >= 11 is 0. The molecule has 9 heteroatoms. The first kappa shape index (κ1) is 24.0. The van der Waals surface area contributed by atoms with E-state index in [1.54, 1.807) is 18.0 Å². The van der Waals surface area contributed by atoms with E-state index in [2.05, 4.69) is 4.90 Å². The monoisotopic (exact) mass is 495 g/mol. The number of hydrogen-bond donors (Lipinski definition) is 0. The van der Waals surface area contributed by atoms with E-state index >= 15 is 0 Å². The van der Waals surface area contributed by atoms with Crippen LogP contribution in [0.25, 0.3) is 0 Å². The van der Waals surface area contributed by atoms with Crippen LogP contribution < -0.4 is 4.90 Å². The number of anilines is 1. The predicted molar refractivity (Wildman–Crippen MR) is 126 cm³/mol. The fraction of sp³-hybridized carbons (Fsp3) is 0.720. The van der Waals surface area contributed by atoms with Crippen molar-refractivity contribution in [2.24, 2.45) is 11.8 Å². The number of rotatable bonds is 5. The number of fused-ring (bicyclic) bond motifs is 1. The molecule has 6 nitrogen and oxygen atoms in total. The van der Waals surface area contributed by atoms with Crippen LogP contribution in [0.1, 0.15) is 56.9 Å². The summed E-state index contributed by atoms with van der Waals surface area (Å²) in [5.41, 5.74) is 1.74. The first-order valence-corrected chi connectivity index (χ1v) is 14.0. The molecule has 3 atom stereocenters. The van der Waals surface area contributed by atoms with Crippen LogP contribution >= 0.6 is 0 Å². The molecule has 0 N–H and O–H groups in total. The van der Waals surface area contributed by atoms with Crippen molar-refractivity contribution in [2.75, 3.05) is 31.6 Å². The fourth-order valence-electron chi connectivity index (χ4n) is 6.13. The third-order valence-electron chi connectivity index (χ3n) is 8.34. The van der Waals surface area contributed by atoms with Crippen molar-refractivity contribution in [3.63, 3.8) is 0 Å². The van der Waals surface area contributed by atoms with Crippen molar-refractivity contribution in [2.45, 2.75) is 81.2 Å². The van der Waals surface area contributed by atoms with E-state index < -0.39 is 22.0 Å². The molecule has 2 saturated heterocycles. The minimum Gasteiger partial charge on any atom is -0.370 e. The first-order chi connectivity index (χ1) is 16.1. The Bertz CT molecular complexity index is 1050. The lowest BCUT2D eigenvalue weighted by Crippen LogP contribution is -2.52. The molecule has 2 aliphatic carbocycles. The Hall–Kier alpha value is -1.74. The maximum Gasteiger partial charge on any atom is 0.248 e. The number of alkyl halides is 2. The number of sulfonamides is 1. The molecule has 0 unspecified atom stereocenters. The van der Waals surface area contributed by atoms with Crippen LogP contribution in [0.3, 0.4) is 0 Å². The van der Waals surface area contributed by atoms with Crippen LogP contribution in [0.4, 0.5) is 14.5 Å². The van der Waals surface area contributed by atoms with Gasteiger partial charge in [-0.15, -0.1) is 0 Å². The van der Waals surface area contributed by atoms with Crippen molar-refractivity contribution >= 4 is 21.6 Å². The van der Waals surface area contributed by atoms with Crippen LogP contribution in [-0.4, -0.2) is 68.2 Å². The van der Waals surface area contributed by atoms with Crippen LogP contribution in [0.2, 0.25) is 0 Å². The SMILES string of the molecule is Cc1ccc(S(=O)(=O)N2C[C@@H]3C[C@@H]3[C@H]2C(=O)N(C)C2CCC(F)(F)CC2)c(N2CCCCC2)c1. The van der Waals surface area contributed by atoms with Crippen LogP contribution in [0.15, 0.2) is 23.1 Å². The van der Waals surface area contributed by atoms with Crippen LogP contribution in [-0.2, 0) is 14.8 Å². The molecule has 1 aromatic rings. The second kappa shape index (κ2) is 8.73. The molecule has 1 aromatic carbocycles. The number of carbonyl (C=O) groups is 1. The molecule has 34 heavy (non-hydrogen) atoms. The second-order valence-corrected chi connectivity index (χ2v) is 12.6. The lowest BCUT2D eigenvalue weighted by molar-refractivity contribution is -0.138. The van der Waals surface area contributed by atoms with Gasteiger partial charge in [-0.3, -0.25) is 4.79 Å². The Morgan fingerprint density at radius 1 is 1.12 bits per heavy atom. The Balaban J connectivity index is 1.41. The van der Waals surface area contributed by atoms with Crippen molar-refractivity contribution in [3.8, 4) is 0 Å². The molecular formula is C25H35F2N3O3S. The largest absolute Gasteiger partial charge is 0.370 e. The van der Waals surface area contributed by atoms with Crippen LogP contribution in [0.5, 0.6) is 0 Å². The van der Waals surface area contributed by atoms with Gasteiger partial charge in [-0.05, 0) is 75.0 Å². The predicted octanol–water partition coefficient (Wildman–Crippen LogP) is 4.03. The van der Waals surface area contributed by atoms with Crippen molar-refractivity contribution in [1.29, 1.82) is 0 Å². The summed E-state index contributed by atoms with van der Waals surface area (Å²) in [6, 6.07) is 4.45. The van der Waals surface area contributed by atoms with Crippen molar-refractivity contribution in [1.82, 2.24) is 9.21 Å². The molecule has 2 aliphatic heterocycles. The van der Waals surface area contributed by atoms with E-state index in [0.29, 0.717) is 6.54 Å². The van der Waals surface area contributed by atoms with Crippen molar-refractivity contribution < 1.29 is 22.0 Å². The summed E-state index contributed by atoms with van der Waals surface area (Å²) in [4.78, 5) is 17.6. The Morgan fingerprint density at radius 3 is 2.47 bits per heavy atom. The van der Waals surface area contributed by atoms with Crippen LogP contribution in [0, 0.1) is 18.8 Å². The lowest BCUT2D eigenvalue weighted by atomic mass is 9.91. The number of hydrogen-bond acceptors (Lipinski definition) is 4. The highest BCUT2D eigenvalue weighted by Gasteiger charge is 2.60. The fourth-order valence-corrected chi connectivity index (χ4v) is 8.01. The van der Waals surface area contributed by atoms with E-state index in [1.807, 2.05) is 19.1 Å². The molecule has 1 amide bonds. The van der Waals surface area contributed by atoms with Gasteiger partial charge in [0, 0.05) is 45.6 Å². The molecule has 2 saturated carbocycles. The van der Waals surface area contributed by atoms with Gasteiger partial charge < -0.3 is 9.80 Å². The summed E-state index contributed by atoms with van der Waals surface area (Å²) in [5, 5.41) is 0. The van der Waals surface area contributed by atoms with Gasteiger partial charge >= 0.3 is 0 Å². The number of nitrogens with zero attached hydrogens (tertiary/aromatic N) is 3. The summed E-state index contributed by atoms with van der Waals surface area (Å²) < 4.78 is 56.7. The molecule has 0 spiro atoms. The highest BCUT2D eigenvalue weighted by atomic mass is 32.2. The maximum atomic E-state index is 14.0. The number of likely N-dealkylation sites (N-methyl/N-ethyl adjacent to an activating group) is 1. The van der Waals surface area contributed by atoms with Gasteiger partial charge in [-0.2, -0.15) is 4.31 Å². The maximum absolute atomic E-state index is 14.0. The minimum absolute atomic E-state index is 0.0265. The Morgan fingerprint density at radius 2 is 1.79 bits per heavy atom. The molecule has 0 radical (unpaired) electrons. The third kappa shape index (κ3) is 4.34. The number of carbonyl (C=O) groups excluding carboxylic acids is 1. The summed E-state index contributed by atoms with van der Waals surface area (Å²) in [6.07, 6.45) is 4.12. The summed E-state index contributed by atoms with van der Waals surface area (Å²) in [6.45, 7) is 3.97. The molecular weight excluding hydrogens is 460 g/mol. The zero-order chi connectivity index (χ0) is 24.3. The highest BCUT2D eigenvalue weighted by molar-refractivity contribution is 7.89. The van der Waals surface area contributed by atoms with Gasteiger partial charge in [0.05, 0.1) is 5.69 Å². The van der Waals surface area contributed by atoms with Gasteiger partial charge in [-0.1, -0.05) is 6.07 Å². The highest BCUT2D eigenvalue weighted by Crippen LogP contribution is 2.52. The molecule has 4 aliphatic rings. The standard InChI is InChI=1S/C25H35F2N3O3S/c1-17-6-7-22(21(14-17)29-12-4-3-5-13-29)34(32,33)30-16-18-15-20(18)23(30)24(31)28(2)19-8-10-25(26,27)11-9-19/h6-7,14,18-20,23H,3-5,8-13,15-16H2,1-2H3/t18-,20-,23-/m0/s1. The molecule has 4 fully saturated rings. The average Bonchev–Trinajstić information content (AvgIpc) is 3.47. The first-order valence-electron chi connectivity index (χ1n) is 12.6. The number of piperidine rings is 2. The normalized spacial score (nSPS) is 29.6. The van der Waals surface area contributed by atoms with Gasteiger partial charge in [0.1, 0.15) is 10.9 Å². The number of halogens is 2. The summed E-state index contributed by atoms with van der Waals surface area (Å²) in [7, 11) is -2.24. The third-order valence-corrected chi connectivity index (χ3v) is 10.2. The number of benzene rings is 1. The molecule has 0 bridgehead atoms. The Labute approximate surface area is 201 Å². The Kier molecular flexibility index (Phi) is 6.16. The van der Waals surface area contributed by atoms with E-state index in [1.165, 1.54) is 4.31 Å².